The molecule has 0 bridgehead atoms. The average molecular weight is 481 g/mol. The van der Waals surface area contributed by atoms with Gasteiger partial charge in [0, 0.05) is 43.1 Å². The predicted molar refractivity (Wildman–Crippen MR) is 123 cm³/mol. The SMILES string of the molecule is Cc1nn(CC(C)C)c2sc(C(=O)N3CCN(S(=O)(=O)c4cccc(Cl)c4)CC3)cc12. The highest BCUT2D eigenvalue weighted by atomic mass is 35.5. The molecule has 0 atom stereocenters. The summed E-state index contributed by atoms with van der Waals surface area (Å²) in [5.74, 6) is 0.398. The molecule has 3 aromatic rings. The van der Waals surface area contributed by atoms with Gasteiger partial charge in [0.2, 0.25) is 10.0 Å². The number of carbonyl (C=O) groups is 1. The number of rotatable bonds is 5. The molecule has 4 rings (SSSR count). The van der Waals surface area contributed by atoms with Crippen LogP contribution in [0.3, 0.4) is 0 Å². The molecule has 1 aliphatic rings. The summed E-state index contributed by atoms with van der Waals surface area (Å²) in [6.07, 6.45) is 0. The number of nitrogens with zero attached hydrogens (tertiary/aromatic N) is 4. The van der Waals surface area contributed by atoms with Gasteiger partial charge in [-0.15, -0.1) is 11.3 Å². The standard InChI is InChI=1S/C21H25ClN4O3S2/c1-14(2)13-26-21-18(15(3)23-26)12-19(30-21)20(27)24-7-9-25(10-8-24)31(28,29)17-6-4-5-16(22)11-17/h4-6,11-12,14H,7-10,13H2,1-3H3. The fourth-order valence-corrected chi connectivity index (χ4v) is 6.61. The van der Waals surface area contributed by atoms with Crippen molar-refractivity contribution < 1.29 is 13.2 Å². The number of hydrogen-bond acceptors (Lipinski definition) is 5. The largest absolute Gasteiger partial charge is 0.335 e. The van der Waals surface area contributed by atoms with Crippen LogP contribution in [0.4, 0.5) is 0 Å². The van der Waals surface area contributed by atoms with Crippen LogP contribution in [0.15, 0.2) is 35.2 Å². The van der Waals surface area contributed by atoms with Crippen molar-refractivity contribution in [3.05, 3.63) is 45.9 Å². The lowest BCUT2D eigenvalue weighted by molar-refractivity contribution is 0.0703. The van der Waals surface area contributed by atoms with Gasteiger partial charge in [-0.25, -0.2) is 8.42 Å². The maximum Gasteiger partial charge on any atom is 0.264 e. The molecule has 10 heteroatoms. The van der Waals surface area contributed by atoms with Gasteiger partial charge < -0.3 is 4.90 Å². The Balaban J connectivity index is 1.48. The van der Waals surface area contributed by atoms with Crippen molar-refractivity contribution in [2.45, 2.75) is 32.2 Å². The summed E-state index contributed by atoms with van der Waals surface area (Å²) in [6.45, 7) is 8.25. The molecule has 7 nitrogen and oxygen atoms in total. The van der Waals surface area contributed by atoms with E-state index in [1.54, 1.807) is 23.1 Å². The van der Waals surface area contributed by atoms with Crippen molar-refractivity contribution in [2.24, 2.45) is 5.92 Å². The molecule has 3 heterocycles. The lowest BCUT2D eigenvalue weighted by Gasteiger charge is -2.33. The third kappa shape index (κ3) is 4.37. The summed E-state index contributed by atoms with van der Waals surface area (Å²) in [7, 11) is -3.63. The topological polar surface area (TPSA) is 75.5 Å². The number of fused-ring (bicyclic) bond motifs is 1. The fraction of sp³-hybridized carbons (Fsp3) is 0.429. The molecule has 2 aromatic heterocycles. The van der Waals surface area contributed by atoms with Crippen LogP contribution in [0.1, 0.15) is 29.2 Å². The van der Waals surface area contributed by atoms with Gasteiger partial charge in [0.1, 0.15) is 4.83 Å². The molecule has 31 heavy (non-hydrogen) atoms. The van der Waals surface area contributed by atoms with Gasteiger partial charge in [-0.2, -0.15) is 9.40 Å². The monoisotopic (exact) mass is 480 g/mol. The molecule has 1 amide bonds. The van der Waals surface area contributed by atoms with E-state index < -0.39 is 10.0 Å². The Morgan fingerprint density at radius 3 is 2.55 bits per heavy atom. The summed E-state index contributed by atoms with van der Waals surface area (Å²) in [6, 6.07) is 8.17. The number of aryl methyl sites for hydroxylation is 1. The second kappa shape index (κ2) is 8.54. The predicted octanol–water partition coefficient (Wildman–Crippen LogP) is 3.86. The van der Waals surface area contributed by atoms with Crippen LogP contribution in [0.5, 0.6) is 0 Å². The van der Waals surface area contributed by atoms with Gasteiger partial charge in [-0.1, -0.05) is 31.5 Å². The second-order valence-electron chi connectivity index (χ2n) is 8.14. The molecular weight excluding hydrogens is 456 g/mol. The summed E-state index contributed by atoms with van der Waals surface area (Å²) in [4.78, 5) is 16.7. The third-order valence-electron chi connectivity index (χ3n) is 5.32. The molecule has 0 spiro atoms. The molecule has 0 N–H and O–H groups in total. The van der Waals surface area contributed by atoms with Crippen molar-refractivity contribution in [3.63, 3.8) is 0 Å². The van der Waals surface area contributed by atoms with Crippen molar-refractivity contribution in [1.29, 1.82) is 0 Å². The van der Waals surface area contributed by atoms with E-state index in [9.17, 15) is 13.2 Å². The number of amides is 1. The lowest BCUT2D eigenvalue weighted by Crippen LogP contribution is -2.50. The van der Waals surface area contributed by atoms with Crippen molar-refractivity contribution >= 4 is 49.1 Å². The molecule has 0 unspecified atom stereocenters. The van der Waals surface area contributed by atoms with Crippen molar-refractivity contribution in [3.8, 4) is 0 Å². The van der Waals surface area contributed by atoms with Crippen LogP contribution in [-0.2, 0) is 16.6 Å². The maximum absolute atomic E-state index is 13.1. The van der Waals surface area contributed by atoms with E-state index in [0.717, 1.165) is 22.5 Å². The van der Waals surface area contributed by atoms with Gasteiger partial charge >= 0.3 is 0 Å². The molecule has 0 aliphatic carbocycles. The Kier molecular flexibility index (Phi) is 6.13. The molecule has 0 saturated carbocycles. The number of aromatic nitrogens is 2. The number of halogens is 1. The molecule has 1 aromatic carbocycles. The van der Waals surface area contributed by atoms with Crippen LogP contribution in [0, 0.1) is 12.8 Å². The molecular formula is C21H25ClN4O3S2. The van der Waals surface area contributed by atoms with Crippen LogP contribution >= 0.6 is 22.9 Å². The van der Waals surface area contributed by atoms with E-state index in [2.05, 4.69) is 18.9 Å². The zero-order valence-corrected chi connectivity index (χ0v) is 20.1. The average Bonchev–Trinajstić information content (AvgIpc) is 3.28. The summed E-state index contributed by atoms with van der Waals surface area (Å²) < 4.78 is 29.2. The summed E-state index contributed by atoms with van der Waals surface area (Å²) >= 11 is 7.41. The van der Waals surface area contributed by atoms with E-state index >= 15 is 0 Å². The third-order valence-corrected chi connectivity index (χ3v) is 8.58. The molecule has 1 aliphatic heterocycles. The quantitative estimate of drug-likeness (QED) is 0.555. The zero-order chi connectivity index (χ0) is 22.3. The van der Waals surface area contributed by atoms with E-state index in [4.69, 9.17) is 11.6 Å². The fourth-order valence-electron chi connectivity index (χ4n) is 3.75. The number of benzene rings is 1. The Hall–Kier alpha value is -1.94. The Morgan fingerprint density at radius 1 is 1.19 bits per heavy atom. The number of carbonyl (C=O) groups excluding carboxylic acids is 1. The van der Waals surface area contributed by atoms with E-state index in [1.807, 2.05) is 17.7 Å². The number of piperazine rings is 1. The zero-order valence-electron chi connectivity index (χ0n) is 17.7. The van der Waals surface area contributed by atoms with Crippen molar-refractivity contribution in [2.75, 3.05) is 26.2 Å². The number of thiophene rings is 1. The van der Waals surface area contributed by atoms with E-state index in [0.29, 0.717) is 28.9 Å². The highest BCUT2D eigenvalue weighted by Gasteiger charge is 2.31. The van der Waals surface area contributed by atoms with E-state index in [1.165, 1.54) is 21.7 Å². The first kappa shape index (κ1) is 22.3. The summed E-state index contributed by atoms with van der Waals surface area (Å²) in [5.41, 5.74) is 0.920. The summed E-state index contributed by atoms with van der Waals surface area (Å²) in [5, 5.41) is 5.99. The van der Waals surface area contributed by atoms with Gasteiger partial charge in [0.15, 0.2) is 0 Å². The number of hydrogen-bond donors (Lipinski definition) is 0. The number of sulfonamides is 1. The highest BCUT2D eigenvalue weighted by Crippen LogP contribution is 2.30. The van der Waals surface area contributed by atoms with Crippen LogP contribution in [0.2, 0.25) is 5.02 Å². The van der Waals surface area contributed by atoms with Crippen molar-refractivity contribution in [1.82, 2.24) is 19.0 Å². The van der Waals surface area contributed by atoms with Crippen LogP contribution in [0.25, 0.3) is 10.2 Å². The maximum atomic E-state index is 13.1. The molecule has 166 valence electrons. The molecule has 0 radical (unpaired) electrons. The molecule has 1 fully saturated rings. The normalized spacial score (nSPS) is 15.8. The Morgan fingerprint density at radius 2 is 1.90 bits per heavy atom. The van der Waals surface area contributed by atoms with Gasteiger partial charge in [-0.3, -0.25) is 9.48 Å². The van der Waals surface area contributed by atoms with E-state index in [-0.39, 0.29) is 23.9 Å². The van der Waals surface area contributed by atoms with Gasteiger partial charge in [0.25, 0.3) is 5.91 Å². The lowest BCUT2D eigenvalue weighted by atomic mass is 10.2. The van der Waals surface area contributed by atoms with Crippen LogP contribution in [-0.4, -0.2) is 59.5 Å². The minimum atomic E-state index is -3.63. The minimum Gasteiger partial charge on any atom is -0.335 e. The Bertz CT molecular complexity index is 1220. The molecule has 1 saturated heterocycles. The first-order valence-corrected chi connectivity index (χ1v) is 12.8. The van der Waals surface area contributed by atoms with Crippen LogP contribution < -0.4 is 0 Å². The van der Waals surface area contributed by atoms with Gasteiger partial charge in [-0.05, 0) is 37.1 Å². The minimum absolute atomic E-state index is 0.0588. The van der Waals surface area contributed by atoms with Gasteiger partial charge in [0.05, 0.1) is 15.5 Å². The Labute approximate surface area is 191 Å². The second-order valence-corrected chi connectivity index (χ2v) is 11.5. The smallest absolute Gasteiger partial charge is 0.264 e. The highest BCUT2D eigenvalue weighted by molar-refractivity contribution is 7.89. The first-order valence-electron chi connectivity index (χ1n) is 10.2. The first-order chi connectivity index (χ1) is 14.7.